The first-order valence-electron chi connectivity index (χ1n) is 9.05. The number of hydrogen-bond donors (Lipinski definition) is 2. The molecular weight excluding hydrogens is 384 g/mol. The normalized spacial score (nSPS) is 11.1. The zero-order valence-corrected chi connectivity index (χ0v) is 17.3. The quantitative estimate of drug-likeness (QED) is 0.579. The van der Waals surface area contributed by atoms with Crippen LogP contribution in [-0.4, -0.2) is 18.9 Å². The first-order chi connectivity index (χ1) is 14.0. The number of nitrogens with one attached hydrogen (secondary N) is 2. The maximum absolute atomic E-state index is 12.9. The highest BCUT2D eigenvalue weighted by molar-refractivity contribution is 7.10. The largest absolute Gasteiger partial charge is 0.497 e. The van der Waals surface area contributed by atoms with Gasteiger partial charge in [-0.15, -0.1) is 11.3 Å². The molecule has 0 fully saturated rings. The van der Waals surface area contributed by atoms with Crippen LogP contribution in [0.1, 0.15) is 26.4 Å². The van der Waals surface area contributed by atoms with E-state index in [4.69, 9.17) is 4.74 Å². The van der Waals surface area contributed by atoms with E-state index in [1.807, 2.05) is 49.6 Å². The summed E-state index contributed by atoms with van der Waals surface area (Å²) in [6.07, 6.45) is 1.67. The molecular formula is C23H22N2O3S. The Morgan fingerprint density at radius 2 is 1.76 bits per heavy atom. The van der Waals surface area contributed by atoms with Gasteiger partial charge in [0.15, 0.2) is 0 Å². The number of rotatable bonds is 6. The molecule has 1 aromatic heterocycles. The van der Waals surface area contributed by atoms with E-state index in [0.29, 0.717) is 17.0 Å². The molecule has 29 heavy (non-hydrogen) atoms. The molecule has 2 amide bonds. The number of aryl methyl sites for hydroxylation is 2. The van der Waals surface area contributed by atoms with Crippen molar-refractivity contribution in [1.82, 2.24) is 5.32 Å². The van der Waals surface area contributed by atoms with Gasteiger partial charge >= 0.3 is 0 Å². The molecule has 148 valence electrons. The van der Waals surface area contributed by atoms with E-state index in [1.165, 1.54) is 11.3 Å². The third-order valence-corrected chi connectivity index (χ3v) is 5.26. The summed E-state index contributed by atoms with van der Waals surface area (Å²) in [4.78, 5) is 26.4. The minimum atomic E-state index is -0.386. The number of amides is 2. The molecule has 0 bridgehead atoms. The number of methoxy groups -OCH3 is 1. The highest BCUT2D eigenvalue weighted by Crippen LogP contribution is 2.18. The Balaban J connectivity index is 1.82. The second-order valence-electron chi connectivity index (χ2n) is 6.51. The third kappa shape index (κ3) is 5.33. The highest BCUT2D eigenvalue weighted by atomic mass is 32.1. The van der Waals surface area contributed by atoms with Crippen LogP contribution < -0.4 is 15.4 Å². The third-order valence-electron chi connectivity index (χ3n) is 4.44. The van der Waals surface area contributed by atoms with Crippen molar-refractivity contribution >= 4 is 34.9 Å². The van der Waals surface area contributed by atoms with E-state index in [-0.39, 0.29) is 17.5 Å². The number of benzene rings is 2. The second kappa shape index (κ2) is 9.21. The van der Waals surface area contributed by atoms with Gasteiger partial charge in [-0.3, -0.25) is 9.59 Å². The monoisotopic (exact) mass is 406 g/mol. The summed E-state index contributed by atoms with van der Waals surface area (Å²) in [5, 5.41) is 7.50. The smallest absolute Gasteiger partial charge is 0.272 e. The fourth-order valence-electron chi connectivity index (χ4n) is 2.63. The molecule has 0 saturated heterocycles. The first kappa shape index (κ1) is 20.4. The molecule has 3 rings (SSSR count). The summed E-state index contributed by atoms with van der Waals surface area (Å²) in [7, 11) is 1.56. The molecule has 1 heterocycles. The van der Waals surface area contributed by atoms with Crippen LogP contribution >= 0.6 is 11.3 Å². The fourth-order valence-corrected chi connectivity index (χ4v) is 3.29. The van der Waals surface area contributed by atoms with Crippen molar-refractivity contribution < 1.29 is 14.3 Å². The maximum Gasteiger partial charge on any atom is 0.272 e. The molecule has 2 N–H and O–H groups in total. The lowest BCUT2D eigenvalue weighted by Gasteiger charge is -2.12. The molecule has 0 unspecified atom stereocenters. The SMILES string of the molecule is COc1ccc(C(=O)N/C(=C\c2cccs2)C(=O)Nc2ccc(C)c(C)c2)cc1. The van der Waals surface area contributed by atoms with Gasteiger partial charge in [-0.25, -0.2) is 0 Å². The van der Waals surface area contributed by atoms with Crippen molar-refractivity contribution in [2.45, 2.75) is 13.8 Å². The lowest BCUT2D eigenvalue weighted by Crippen LogP contribution is -2.30. The van der Waals surface area contributed by atoms with Gasteiger partial charge in [-0.05, 0) is 78.9 Å². The number of carbonyl (C=O) groups is 2. The number of anilines is 1. The van der Waals surface area contributed by atoms with Gasteiger partial charge < -0.3 is 15.4 Å². The fraction of sp³-hybridized carbons (Fsp3) is 0.130. The maximum atomic E-state index is 12.9. The van der Waals surface area contributed by atoms with Crippen molar-refractivity contribution in [3.63, 3.8) is 0 Å². The Bertz CT molecular complexity index is 1040. The van der Waals surface area contributed by atoms with Crippen LogP contribution in [0.5, 0.6) is 5.75 Å². The first-order valence-corrected chi connectivity index (χ1v) is 9.93. The molecule has 0 spiro atoms. The van der Waals surface area contributed by atoms with E-state index in [2.05, 4.69) is 10.6 Å². The summed E-state index contributed by atoms with van der Waals surface area (Å²) in [6, 6.07) is 16.2. The number of carbonyl (C=O) groups excluding carboxylic acids is 2. The Kier molecular flexibility index (Phi) is 6.46. The summed E-state index contributed by atoms with van der Waals surface area (Å²) >= 11 is 1.48. The average Bonchev–Trinajstić information content (AvgIpc) is 3.23. The van der Waals surface area contributed by atoms with Crippen LogP contribution in [0.2, 0.25) is 0 Å². The van der Waals surface area contributed by atoms with Gasteiger partial charge in [0, 0.05) is 16.1 Å². The van der Waals surface area contributed by atoms with E-state index in [0.717, 1.165) is 16.0 Å². The number of thiophene rings is 1. The van der Waals surface area contributed by atoms with Crippen LogP contribution in [0.4, 0.5) is 5.69 Å². The minimum absolute atomic E-state index is 0.173. The number of hydrogen-bond acceptors (Lipinski definition) is 4. The van der Waals surface area contributed by atoms with Crippen LogP contribution in [-0.2, 0) is 4.79 Å². The highest BCUT2D eigenvalue weighted by Gasteiger charge is 2.15. The zero-order chi connectivity index (χ0) is 20.8. The van der Waals surface area contributed by atoms with Crippen LogP contribution in [0.3, 0.4) is 0 Å². The van der Waals surface area contributed by atoms with Crippen LogP contribution in [0, 0.1) is 13.8 Å². The Morgan fingerprint density at radius 1 is 1.00 bits per heavy atom. The van der Waals surface area contributed by atoms with Crippen molar-refractivity contribution in [2.75, 3.05) is 12.4 Å². The summed E-state index contributed by atoms with van der Waals surface area (Å²) in [6.45, 7) is 4.00. The van der Waals surface area contributed by atoms with Crippen molar-refractivity contribution in [1.29, 1.82) is 0 Å². The molecule has 0 radical (unpaired) electrons. The summed E-state index contributed by atoms with van der Waals surface area (Å²) < 4.78 is 5.12. The molecule has 0 saturated carbocycles. The van der Waals surface area contributed by atoms with E-state index < -0.39 is 0 Å². The molecule has 3 aromatic rings. The van der Waals surface area contributed by atoms with Gasteiger partial charge in [-0.2, -0.15) is 0 Å². The molecule has 0 aliphatic heterocycles. The van der Waals surface area contributed by atoms with Gasteiger partial charge in [0.1, 0.15) is 11.4 Å². The topological polar surface area (TPSA) is 67.4 Å². The molecule has 5 nitrogen and oxygen atoms in total. The second-order valence-corrected chi connectivity index (χ2v) is 7.49. The molecule has 0 aliphatic carbocycles. The van der Waals surface area contributed by atoms with Gasteiger partial charge in [-0.1, -0.05) is 12.1 Å². The predicted molar refractivity (Wildman–Crippen MR) is 117 cm³/mol. The Morgan fingerprint density at radius 3 is 2.38 bits per heavy atom. The average molecular weight is 407 g/mol. The lowest BCUT2D eigenvalue weighted by molar-refractivity contribution is -0.113. The summed E-state index contributed by atoms with van der Waals surface area (Å²) in [5.74, 6) is -0.0994. The zero-order valence-electron chi connectivity index (χ0n) is 16.5. The van der Waals surface area contributed by atoms with Crippen molar-refractivity contribution in [2.24, 2.45) is 0 Å². The van der Waals surface area contributed by atoms with E-state index in [9.17, 15) is 9.59 Å². The van der Waals surface area contributed by atoms with Crippen molar-refractivity contribution in [3.05, 3.63) is 87.2 Å². The molecule has 2 aromatic carbocycles. The molecule has 0 aliphatic rings. The minimum Gasteiger partial charge on any atom is -0.497 e. The lowest BCUT2D eigenvalue weighted by atomic mass is 10.1. The number of ether oxygens (including phenoxy) is 1. The standard InChI is InChI=1S/C23H22N2O3S/c1-15-6-9-18(13-16(15)2)24-23(27)21(14-20-5-4-12-29-20)25-22(26)17-7-10-19(28-3)11-8-17/h4-14H,1-3H3,(H,24,27)(H,25,26)/b21-14-. The van der Waals surface area contributed by atoms with E-state index in [1.54, 1.807) is 37.5 Å². The van der Waals surface area contributed by atoms with Crippen LogP contribution in [0.15, 0.2) is 65.7 Å². The van der Waals surface area contributed by atoms with Gasteiger partial charge in [0.05, 0.1) is 7.11 Å². The molecule has 0 atom stereocenters. The molecule has 6 heteroatoms. The summed E-state index contributed by atoms with van der Waals surface area (Å²) in [5.41, 5.74) is 3.50. The van der Waals surface area contributed by atoms with Gasteiger partial charge in [0.25, 0.3) is 11.8 Å². The van der Waals surface area contributed by atoms with Gasteiger partial charge in [0.2, 0.25) is 0 Å². The Labute approximate surface area is 174 Å². The van der Waals surface area contributed by atoms with E-state index >= 15 is 0 Å². The van der Waals surface area contributed by atoms with Crippen LogP contribution in [0.25, 0.3) is 6.08 Å². The predicted octanol–water partition coefficient (Wildman–Crippen LogP) is 4.78. The Hall–Kier alpha value is -3.38. The van der Waals surface area contributed by atoms with Crippen molar-refractivity contribution in [3.8, 4) is 5.75 Å².